The van der Waals surface area contributed by atoms with E-state index in [4.69, 9.17) is 4.42 Å². The summed E-state index contributed by atoms with van der Waals surface area (Å²) in [4.78, 5) is 18.7. The SMILES string of the molecule is O=C(CN1CCN(c2ccc(F)cc2)CC1)N1N=C(c2cccs2)CC1c1ccco1. The summed E-state index contributed by atoms with van der Waals surface area (Å²) >= 11 is 1.63. The second-order valence-corrected chi connectivity index (χ2v) is 8.68. The van der Waals surface area contributed by atoms with E-state index < -0.39 is 0 Å². The Morgan fingerprint density at radius 1 is 1.10 bits per heavy atom. The van der Waals surface area contributed by atoms with Crippen LogP contribution in [0.4, 0.5) is 10.1 Å². The van der Waals surface area contributed by atoms with Crippen LogP contribution in [0.15, 0.2) is 69.7 Å². The van der Waals surface area contributed by atoms with E-state index in [0.29, 0.717) is 13.0 Å². The summed E-state index contributed by atoms with van der Waals surface area (Å²) < 4.78 is 18.8. The highest BCUT2D eigenvalue weighted by Gasteiger charge is 2.36. The minimum absolute atomic E-state index is 0.0248. The fourth-order valence-corrected chi connectivity index (χ4v) is 4.84. The molecule has 1 unspecified atom stereocenters. The van der Waals surface area contributed by atoms with Crippen molar-refractivity contribution in [2.24, 2.45) is 5.10 Å². The first-order valence-corrected chi connectivity index (χ1v) is 11.2. The molecule has 3 aromatic rings. The van der Waals surface area contributed by atoms with Crippen molar-refractivity contribution in [3.05, 3.63) is 76.6 Å². The number of carbonyl (C=O) groups is 1. The zero-order valence-electron chi connectivity index (χ0n) is 17.0. The standard InChI is InChI=1S/C23H23FN4O2S/c24-17-5-7-18(8-6-17)27-11-9-26(10-12-27)16-23(29)28-20(21-3-1-13-30-21)15-19(25-28)22-4-2-14-31-22/h1-8,13-14,20H,9-12,15-16H2. The summed E-state index contributed by atoms with van der Waals surface area (Å²) in [5.41, 5.74) is 1.93. The van der Waals surface area contributed by atoms with Crippen molar-refractivity contribution >= 4 is 28.6 Å². The van der Waals surface area contributed by atoms with Crippen LogP contribution in [-0.4, -0.2) is 54.3 Å². The van der Waals surface area contributed by atoms with Gasteiger partial charge >= 0.3 is 0 Å². The fraction of sp³-hybridized carbons (Fsp3) is 0.304. The van der Waals surface area contributed by atoms with Crippen LogP contribution < -0.4 is 4.90 Å². The van der Waals surface area contributed by atoms with Gasteiger partial charge in [0, 0.05) is 38.3 Å². The zero-order valence-corrected chi connectivity index (χ0v) is 17.8. The third-order valence-corrected chi connectivity index (χ3v) is 6.68. The van der Waals surface area contributed by atoms with Gasteiger partial charge in [-0.2, -0.15) is 5.10 Å². The predicted molar refractivity (Wildman–Crippen MR) is 119 cm³/mol. The highest BCUT2D eigenvalue weighted by molar-refractivity contribution is 7.12. The molecule has 0 radical (unpaired) electrons. The molecule has 160 valence electrons. The Hall–Kier alpha value is -2.97. The van der Waals surface area contributed by atoms with Crippen LogP contribution in [0.2, 0.25) is 0 Å². The first-order chi connectivity index (χ1) is 15.2. The molecule has 1 atom stereocenters. The van der Waals surface area contributed by atoms with E-state index in [1.807, 2.05) is 29.6 Å². The van der Waals surface area contributed by atoms with Crippen LogP contribution in [-0.2, 0) is 4.79 Å². The summed E-state index contributed by atoms with van der Waals surface area (Å²) in [7, 11) is 0. The maximum absolute atomic E-state index is 13.2. The highest BCUT2D eigenvalue weighted by Crippen LogP contribution is 2.34. The third kappa shape index (κ3) is 4.26. The number of carbonyl (C=O) groups excluding carboxylic acids is 1. The molecule has 2 aliphatic heterocycles. The second-order valence-electron chi connectivity index (χ2n) is 7.74. The van der Waals surface area contributed by atoms with Crippen LogP contribution in [0.3, 0.4) is 0 Å². The lowest BCUT2D eigenvalue weighted by Crippen LogP contribution is -2.49. The molecule has 2 aliphatic rings. The molecular weight excluding hydrogens is 415 g/mol. The van der Waals surface area contributed by atoms with Crippen LogP contribution in [0.25, 0.3) is 0 Å². The van der Waals surface area contributed by atoms with Crippen molar-refractivity contribution in [1.29, 1.82) is 0 Å². The van der Waals surface area contributed by atoms with Crippen LogP contribution >= 0.6 is 11.3 Å². The van der Waals surface area contributed by atoms with Crippen molar-refractivity contribution in [1.82, 2.24) is 9.91 Å². The van der Waals surface area contributed by atoms with Gasteiger partial charge in [0.2, 0.25) is 0 Å². The number of piperazine rings is 1. The van der Waals surface area contributed by atoms with Crippen molar-refractivity contribution < 1.29 is 13.6 Å². The molecule has 0 N–H and O–H groups in total. The molecule has 0 bridgehead atoms. The van der Waals surface area contributed by atoms with Gasteiger partial charge in [-0.1, -0.05) is 6.07 Å². The second kappa shape index (κ2) is 8.64. The largest absolute Gasteiger partial charge is 0.467 e. The van der Waals surface area contributed by atoms with Gasteiger partial charge in [-0.3, -0.25) is 9.69 Å². The van der Waals surface area contributed by atoms with E-state index in [9.17, 15) is 9.18 Å². The molecular formula is C23H23FN4O2S. The first kappa shape index (κ1) is 20.0. The third-order valence-electron chi connectivity index (χ3n) is 5.77. The molecule has 8 heteroatoms. The van der Waals surface area contributed by atoms with E-state index in [0.717, 1.165) is 48.2 Å². The Morgan fingerprint density at radius 2 is 1.90 bits per heavy atom. The van der Waals surface area contributed by atoms with Crippen molar-refractivity contribution in [3.8, 4) is 0 Å². The van der Waals surface area contributed by atoms with Crippen molar-refractivity contribution in [3.63, 3.8) is 0 Å². The smallest absolute Gasteiger partial charge is 0.257 e. The molecule has 0 aliphatic carbocycles. The Balaban J connectivity index is 1.25. The molecule has 4 heterocycles. The normalized spacial score (nSPS) is 19.6. The van der Waals surface area contributed by atoms with Gasteiger partial charge in [0.05, 0.1) is 23.4 Å². The average Bonchev–Trinajstić information content (AvgIpc) is 3.56. The highest BCUT2D eigenvalue weighted by atomic mass is 32.1. The van der Waals surface area contributed by atoms with E-state index in [1.54, 1.807) is 34.7 Å². The number of halogens is 1. The summed E-state index contributed by atoms with van der Waals surface area (Å²) in [5.74, 6) is 0.500. The molecule has 2 aromatic heterocycles. The molecule has 1 fully saturated rings. The van der Waals surface area contributed by atoms with Crippen LogP contribution in [0.1, 0.15) is 23.1 Å². The van der Waals surface area contributed by atoms with E-state index in [-0.39, 0.29) is 17.8 Å². The van der Waals surface area contributed by atoms with E-state index in [2.05, 4.69) is 14.9 Å². The Morgan fingerprint density at radius 3 is 2.58 bits per heavy atom. The van der Waals surface area contributed by atoms with Crippen molar-refractivity contribution in [2.75, 3.05) is 37.6 Å². The van der Waals surface area contributed by atoms with Gasteiger partial charge in [0.15, 0.2) is 0 Å². The molecule has 1 aromatic carbocycles. The van der Waals surface area contributed by atoms with E-state index >= 15 is 0 Å². The lowest BCUT2D eigenvalue weighted by Gasteiger charge is -2.36. The molecule has 1 amide bonds. The summed E-state index contributed by atoms with van der Waals surface area (Å²) in [6, 6.07) is 14.1. The number of hydrogen-bond acceptors (Lipinski definition) is 6. The molecule has 6 nitrogen and oxygen atoms in total. The lowest BCUT2D eigenvalue weighted by atomic mass is 10.1. The number of benzene rings is 1. The minimum atomic E-state index is -0.229. The van der Waals surface area contributed by atoms with E-state index in [1.165, 1.54) is 12.1 Å². The van der Waals surface area contributed by atoms with Gasteiger partial charge in [0.1, 0.15) is 17.6 Å². The maximum Gasteiger partial charge on any atom is 0.257 e. The first-order valence-electron chi connectivity index (χ1n) is 10.4. The van der Waals surface area contributed by atoms with Crippen LogP contribution in [0, 0.1) is 5.82 Å². The quantitative estimate of drug-likeness (QED) is 0.605. The number of hydrogen-bond donors (Lipinski definition) is 0. The zero-order chi connectivity index (χ0) is 21.2. The Bertz CT molecular complexity index is 1040. The van der Waals surface area contributed by atoms with Gasteiger partial charge in [0.25, 0.3) is 5.91 Å². The Kier molecular flexibility index (Phi) is 5.57. The molecule has 31 heavy (non-hydrogen) atoms. The summed E-state index contributed by atoms with van der Waals surface area (Å²) in [6.45, 7) is 3.44. The summed E-state index contributed by atoms with van der Waals surface area (Å²) in [6.07, 6.45) is 2.29. The molecule has 0 spiro atoms. The maximum atomic E-state index is 13.2. The minimum Gasteiger partial charge on any atom is -0.467 e. The van der Waals surface area contributed by atoms with Gasteiger partial charge in [-0.25, -0.2) is 9.40 Å². The van der Waals surface area contributed by atoms with Crippen molar-refractivity contribution in [2.45, 2.75) is 12.5 Å². The average molecular weight is 439 g/mol. The molecule has 5 rings (SSSR count). The summed E-state index contributed by atoms with van der Waals surface area (Å²) in [5, 5.41) is 8.30. The topological polar surface area (TPSA) is 52.3 Å². The number of hydrazone groups is 1. The number of furan rings is 1. The van der Waals surface area contributed by atoms with Gasteiger partial charge in [-0.05, 0) is 47.8 Å². The number of thiophene rings is 1. The Labute approximate surface area is 184 Å². The molecule has 1 saturated heterocycles. The van der Waals surface area contributed by atoms with Gasteiger partial charge < -0.3 is 9.32 Å². The van der Waals surface area contributed by atoms with Gasteiger partial charge in [-0.15, -0.1) is 11.3 Å². The number of rotatable bonds is 5. The van der Waals surface area contributed by atoms with Crippen LogP contribution in [0.5, 0.6) is 0 Å². The fourth-order valence-electron chi connectivity index (χ4n) is 4.11. The predicted octanol–water partition coefficient (Wildman–Crippen LogP) is 3.98. The molecule has 0 saturated carbocycles. The monoisotopic (exact) mass is 438 g/mol. The number of amides is 1. The number of anilines is 1. The number of nitrogens with zero attached hydrogens (tertiary/aromatic N) is 4. The lowest BCUT2D eigenvalue weighted by molar-refractivity contribution is -0.134.